The molecule has 0 aliphatic heterocycles. The van der Waals surface area contributed by atoms with Crippen LogP contribution < -0.4 is 15.4 Å². The van der Waals surface area contributed by atoms with Crippen molar-refractivity contribution in [2.24, 2.45) is 0 Å². The van der Waals surface area contributed by atoms with Crippen LogP contribution in [0.1, 0.15) is 5.56 Å². The third-order valence-electron chi connectivity index (χ3n) is 2.37. The van der Waals surface area contributed by atoms with Gasteiger partial charge >= 0.3 is 0 Å². The molecule has 0 fully saturated rings. The van der Waals surface area contributed by atoms with Crippen LogP contribution in [-0.2, 0) is 6.42 Å². The van der Waals surface area contributed by atoms with Crippen molar-refractivity contribution >= 4 is 0 Å². The maximum atomic E-state index is 13.0. The van der Waals surface area contributed by atoms with Gasteiger partial charge in [0, 0.05) is 13.1 Å². The van der Waals surface area contributed by atoms with Crippen LogP contribution >= 0.6 is 0 Å². The zero-order chi connectivity index (χ0) is 11.8. The van der Waals surface area contributed by atoms with Crippen LogP contribution in [0, 0.1) is 5.82 Å². The molecule has 0 amide bonds. The van der Waals surface area contributed by atoms with E-state index in [0.717, 1.165) is 37.4 Å². The molecule has 0 heterocycles. The summed E-state index contributed by atoms with van der Waals surface area (Å²) in [6.45, 7) is 2.66. The minimum absolute atomic E-state index is 0.217. The highest BCUT2D eigenvalue weighted by molar-refractivity contribution is 5.34. The third kappa shape index (κ3) is 4.16. The molecule has 0 saturated heterocycles. The van der Waals surface area contributed by atoms with E-state index in [0.29, 0.717) is 0 Å². The van der Waals surface area contributed by atoms with E-state index in [9.17, 15) is 4.39 Å². The number of likely N-dealkylation sites (N-methyl/N-ethyl adjacent to an activating group) is 1. The van der Waals surface area contributed by atoms with E-state index in [4.69, 9.17) is 4.74 Å². The summed E-state index contributed by atoms with van der Waals surface area (Å²) >= 11 is 0. The van der Waals surface area contributed by atoms with Gasteiger partial charge in [-0.3, -0.25) is 0 Å². The minimum Gasteiger partial charge on any atom is -0.496 e. The summed E-state index contributed by atoms with van der Waals surface area (Å²) in [5.74, 6) is 0.530. The summed E-state index contributed by atoms with van der Waals surface area (Å²) in [7, 11) is 3.52. The van der Waals surface area contributed by atoms with Crippen molar-refractivity contribution in [3.63, 3.8) is 0 Å². The van der Waals surface area contributed by atoms with E-state index in [-0.39, 0.29) is 5.82 Å². The SMILES string of the molecule is CNCCNCCc1cc(F)ccc1OC. The van der Waals surface area contributed by atoms with Gasteiger partial charge in [0.15, 0.2) is 0 Å². The fourth-order valence-corrected chi connectivity index (χ4v) is 1.50. The van der Waals surface area contributed by atoms with Crippen molar-refractivity contribution in [3.05, 3.63) is 29.6 Å². The molecule has 4 heteroatoms. The molecule has 0 aliphatic rings. The van der Waals surface area contributed by atoms with Crippen molar-refractivity contribution < 1.29 is 9.13 Å². The number of benzene rings is 1. The largest absolute Gasteiger partial charge is 0.496 e. The van der Waals surface area contributed by atoms with Crippen molar-refractivity contribution in [2.45, 2.75) is 6.42 Å². The maximum Gasteiger partial charge on any atom is 0.123 e. The van der Waals surface area contributed by atoms with Gasteiger partial charge in [-0.1, -0.05) is 0 Å². The standard InChI is InChI=1S/C12H19FN2O/c1-14-7-8-15-6-5-10-9-11(13)3-4-12(10)16-2/h3-4,9,14-15H,5-8H2,1-2H3. The molecule has 0 radical (unpaired) electrons. The second kappa shape index (κ2) is 7.19. The van der Waals surface area contributed by atoms with Gasteiger partial charge in [-0.2, -0.15) is 0 Å². The van der Waals surface area contributed by atoms with Gasteiger partial charge in [-0.05, 0) is 43.8 Å². The second-order valence-electron chi connectivity index (χ2n) is 3.56. The normalized spacial score (nSPS) is 10.4. The fraction of sp³-hybridized carbons (Fsp3) is 0.500. The van der Waals surface area contributed by atoms with E-state index in [1.54, 1.807) is 13.2 Å². The molecule has 90 valence electrons. The van der Waals surface area contributed by atoms with Crippen LogP contribution in [0.3, 0.4) is 0 Å². The average molecular weight is 226 g/mol. The Kier molecular flexibility index (Phi) is 5.82. The predicted octanol–water partition coefficient (Wildman–Crippen LogP) is 1.19. The predicted molar refractivity (Wildman–Crippen MR) is 63.5 cm³/mol. The lowest BCUT2D eigenvalue weighted by atomic mass is 10.1. The topological polar surface area (TPSA) is 33.3 Å². The summed E-state index contributed by atoms with van der Waals surface area (Å²) < 4.78 is 18.2. The highest BCUT2D eigenvalue weighted by Gasteiger charge is 2.03. The molecule has 2 N–H and O–H groups in total. The van der Waals surface area contributed by atoms with Gasteiger partial charge in [0.1, 0.15) is 11.6 Å². The quantitative estimate of drug-likeness (QED) is 0.685. The molecule has 0 aromatic heterocycles. The van der Waals surface area contributed by atoms with E-state index >= 15 is 0 Å². The van der Waals surface area contributed by atoms with E-state index in [2.05, 4.69) is 10.6 Å². The number of methoxy groups -OCH3 is 1. The first-order chi connectivity index (χ1) is 7.77. The van der Waals surface area contributed by atoms with Crippen LogP contribution in [0.5, 0.6) is 5.75 Å². The number of hydrogen-bond acceptors (Lipinski definition) is 3. The Labute approximate surface area is 96.0 Å². The smallest absolute Gasteiger partial charge is 0.123 e. The second-order valence-corrected chi connectivity index (χ2v) is 3.56. The summed E-state index contributed by atoms with van der Waals surface area (Å²) in [6.07, 6.45) is 0.768. The highest BCUT2D eigenvalue weighted by Crippen LogP contribution is 2.19. The van der Waals surface area contributed by atoms with E-state index in [1.165, 1.54) is 12.1 Å². The molecule has 1 aromatic carbocycles. The zero-order valence-electron chi connectivity index (χ0n) is 9.85. The molecule has 1 aromatic rings. The van der Waals surface area contributed by atoms with Crippen LogP contribution in [0.15, 0.2) is 18.2 Å². The summed E-state index contributed by atoms with van der Waals surface area (Å²) in [6, 6.07) is 4.60. The molecular weight excluding hydrogens is 207 g/mol. The molecule has 0 atom stereocenters. The Morgan fingerprint density at radius 1 is 1.25 bits per heavy atom. The Balaban J connectivity index is 2.42. The number of nitrogens with one attached hydrogen (secondary N) is 2. The zero-order valence-corrected chi connectivity index (χ0v) is 9.85. The lowest BCUT2D eigenvalue weighted by Gasteiger charge is -2.09. The molecule has 0 spiro atoms. The maximum absolute atomic E-state index is 13.0. The van der Waals surface area contributed by atoms with Gasteiger partial charge in [0.05, 0.1) is 7.11 Å². The van der Waals surface area contributed by atoms with E-state index < -0.39 is 0 Å². The molecule has 0 unspecified atom stereocenters. The van der Waals surface area contributed by atoms with Crippen LogP contribution in [0.25, 0.3) is 0 Å². The van der Waals surface area contributed by atoms with Crippen LogP contribution in [0.4, 0.5) is 4.39 Å². The van der Waals surface area contributed by atoms with Gasteiger partial charge in [-0.25, -0.2) is 4.39 Å². The molecular formula is C12H19FN2O. The third-order valence-corrected chi connectivity index (χ3v) is 2.37. The number of hydrogen-bond donors (Lipinski definition) is 2. The lowest BCUT2D eigenvalue weighted by molar-refractivity contribution is 0.407. The highest BCUT2D eigenvalue weighted by atomic mass is 19.1. The molecule has 0 bridgehead atoms. The van der Waals surface area contributed by atoms with Crippen LogP contribution in [0.2, 0.25) is 0 Å². The van der Waals surface area contributed by atoms with Crippen molar-refractivity contribution in [1.82, 2.24) is 10.6 Å². The van der Waals surface area contributed by atoms with Gasteiger partial charge in [-0.15, -0.1) is 0 Å². The van der Waals surface area contributed by atoms with Gasteiger partial charge in [0.2, 0.25) is 0 Å². The van der Waals surface area contributed by atoms with Gasteiger partial charge in [0.25, 0.3) is 0 Å². The molecule has 0 aliphatic carbocycles. The van der Waals surface area contributed by atoms with Crippen LogP contribution in [-0.4, -0.2) is 33.8 Å². The number of ether oxygens (including phenoxy) is 1. The Morgan fingerprint density at radius 3 is 2.75 bits per heavy atom. The lowest BCUT2D eigenvalue weighted by Crippen LogP contribution is -2.26. The van der Waals surface area contributed by atoms with Crippen molar-refractivity contribution in [1.29, 1.82) is 0 Å². The van der Waals surface area contributed by atoms with Crippen molar-refractivity contribution in [3.8, 4) is 5.75 Å². The number of halogens is 1. The Bertz CT molecular complexity index is 318. The first-order valence-electron chi connectivity index (χ1n) is 5.45. The summed E-state index contributed by atoms with van der Waals surface area (Å²) in [5.41, 5.74) is 0.902. The van der Waals surface area contributed by atoms with E-state index in [1.807, 2.05) is 7.05 Å². The first kappa shape index (κ1) is 12.9. The minimum atomic E-state index is -0.217. The molecule has 3 nitrogen and oxygen atoms in total. The monoisotopic (exact) mass is 226 g/mol. The summed E-state index contributed by atoms with van der Waals surface area (Å²) in [4.78, 5) is 0. The van der Waals surface area contributed by atoms with Crippen molar-refractivity contribution in [2.75, 3.05) is 33.8 Å². The molecule has 1 rings (SSSR count). The summed E-state index contributed by atoms with van der Waals surface area (Å²) in [5, 5.41) is 6.32. The fourth-order valence-electron chi connectivity index (χ4n) is 1.50. The average Bonchev–Trinajstić information content (AvgIpc) is 2.29. The molecule has 0 saturated carbocycles. The Hall–Kier alpha value is -1.13. The molecule has 16 heavy (non-hydrogen) atoms. The number of rotatable bonds is 7. The first-order valence-corrected chi connectivity index (χ1v) is 5.45. The Morgan fingerprint density at radius 2 is 2.06 bits per heavy atom. The van der Waals surface area contributed by atoms with Gasteiger partial charge < -0.3 is 15.4 Å².